The van der Waals surface area contributed by atoms with Gasteiger partial charge in [-0.3, -0.25) is 4.79 Å². The summed E-state index contributed by atoms with van der Waals surface area (Å²) in [6.07, 6.45) is 3.66. The Morgan fingerprint density at radius 3 is 2.76 bits per heavy atom. The normalized spacial score (nSPS) is 18.8. The highest BCUT2D eigenvalue weighted by Crippen LogP contribution is 2.22. The average molecular weight is 353 g/mol. The SMILES string of the molecule is Cc1ccc(C(=O)N(CC2CCCCN2)C(C)C)c(Br)c1. The molecule has 1 aliphatic rings. The molecule has 1 aliphatic heterocycles. The number of amides is 1. The van der Waals surface area contributed by atoms with E-state index in [2.05, 4.69) is 35.1 Å². The Morgan fingerprint density at radius 2 is 2.19 bits per heavy atom. The van der Waals surface area contributed by atoms with Crippen molar-refractivity contribution in [1.29, 1.82) is 0 Å². The Bertz CT molecular complexity index is 496. The van der Waals surface area contributed by atoms with Crippen molar-refractivity contribution in [3.8, 4) is 0 Å². The molecule has 1 N–H and O–H groups in total. The Kier molecular flexibility index (Phi) is 5.82. The molecule has 1 aromatic carbocycles. The fourth-order valence-corrected chi connectivity index (χ4v) is 3.46. The summed E-state index contributed by atoms with van der Waals surface area (Å²) in [6.45, 7) is 8.06. The number of carbonyl (C=O) groups is 1. The van der Waals surface area contributed by atoms with E-state index in [1.165, 1.54) is 12.8 Å². The van der Waals surface area contributed by atoms with Gasteiger partial charge < -0.3 is 10.2 Å². The van der Waals surface area contributed by atoms with Crippen molar-refractivity contribution in [3.05, 3.63) is 33.8 Å². The van der Waals surface area contributed by atoms with Crippen molar-refractivity contribution >= 4 is 21.8 Å². The van der Waals surface area contributed by atoms with Crippen LogP contribution in [0.2, 0.25) is 0 Å². The molecule has 0 spiro atoms. The van der Waals surface area contributed by atoms with Crippen LogP contribution in [-0.2, 0) is 0 Å². The van der Waals surface area contributed by atoms with E-state index in [4.69, 9.17) is 0 Å². The van der Waals surface area contributed by atoms with Gasteiger partial charge in [-0.2, -0.15) is 0 Å². The number of halogens is 1. The van der Waals surface area contributed by atoms with Gasteiger partial charge in [0.25, 0.3) is 5.91 Å². The molecule has 116 valence electrons. The molecule has 2 rings (SSSR count). The van der Waals surface area contributed by atoms with Crippen LogP contribution in [0.5, 0.6) is 0 Å². The second-order valence-corrected chi connectivity index (χ2v) is 7.04. The quantitative estimate of drug-likeness (QED) is 0.894. The molecule has 1 fully saturated rings. The minimum absolute atomic E-state index is 0.115. The van der Waals surface area contributed by atoms with Crippen molar-refractivity contribution in [1.82, 2.24) is 10.2 Å². The van der Waals surface area contributed by atoms with Crippen LogP contribution in [0.15, 0.2) is 22.7 Å². The second-order valence-electron chi connectivity index (χ2n) is 6.18. The fraction of sp³-hybridized carbons (Fsp3) is 0.588. The molecule has 1 aromatic rings. The average Bonchev–Trinajstić information content (AvgIpc) is 2.45. The maximum Gasteiger partial charge on any atom is 0.255 e. The van der Waals surface area contributed by atoms with Gasteiger partial charge in [-0.1, -0.05) is 12.5 Å². The number of nitrogens with one attached hydrogen (secondary N) is 1. The zero-order valence-corrected chi connectivity index (χ0v) is 14.7. The summed E-state index contributed by atoms with van der Waals surface area (Å²) in [5.41, 5.74) is 1.91. The number of hydrogen-bond donors (Lipinski definition) is 1. The summed E-state index contributed by atoms with van der Waals surface area (Å²) in [4.78, 5) is 14.8. The topological polar surface area (TPSA) is 32.3 Å². The molecule has 0 saturated carbocycles. The van der Waals surface area contributed by atoms with E-state index < -0.39 is 0 Å². The van der Waals surface area contributed by atoms with E-state index >= 15 is 0 Å². The van der Waals surface area contributed by atoms with E-state index in [-0.39, 0.29) is 11.9 Å². The first-order chi connectivity index (χ1) is 9.99. The third kappa shape index (κ3) is 4.30. The van der Waals surface area contributed by atoms with Gasteiger partial charge in [0.1, 0.15) is 0 Å². The number of nitrogens with zero attached hydrogens (tertiary/aromatic N) is 1. The molecule has 0 aromatic heterocycles. The first-order valence-electron chi connectivity index (χ1n) is 7.79. The molecule has 0 bridgehead atoms. The number of hydrogen-bond acceptors (Lipinski definition) is 2. The lowest BCUT2D eigenvalue weighted by atomic mass is 10.0. The van der Waals surface area contributed by atoms with Crippen LogP contribution < -0.4 is 5.32 Å². The fourth-order valence-electron chi connectivity index (χ4n) is 2.79. The van der Waals surface area contributed by atoms with Crippen LogP contribution in [0.3, 0.4) is 0 Å². The van der Waals surface area contributed by atoms with Crippen molar-refractivity contribution in [2.75, 3.05) is 13.1 Å². The minimum Gasteiger partial charge on any atom is -0.335 e. The van der Waals surface area contributed by atoms with Crippen molar-refractivity contribution in [3.63, 3.8) is 0 Å². The molecule has 4 heteroatoms. The molecule has 0 radical (unpaired) electrons. The van der Waals surface area contributed by atoms with Gasteiger partial charge >= 0.3 is 0 Å². The number of carbonyl (C=O) groups excluding carboxylic acids is 1. The predicted molar refractivity (Wildman–Crippen MR) is 90.7 cm³/mol. The van der Waals surface area contributed by atoms with Gasteiger partial charge in [0, 0.05) is 23.1 Å². The molecule has 1 unspecified atom stereocenters. The molecular weight excluding hydrogens is 328 g/mol. The van der Waals surface area contributed by atoms with Gasteiger partial charge in [0.2, 0.25) is 0 Å². The van der Waals surface area contributed by atoms with E-state index in [0.717, 1.165) is 35.1 Å². The highest BCUT2D eigenvalue weighted by Gasteiger charge is 2.24. The zero-order chi connectivity index (χ0) is 15.4. The number of piperidine rings is 1. The van der Waals surface area contributed by atoms with Crippen LogP contribution >= 0.6 is 15.9 Å². The third-order valence-electron chi connectivity index (χ3n) is 4.07. The van der Waals surface area contributed by atoms with Crippen LogP contribution in [0.1, 0.15) is 49.0 Å². The molecule has 3 nitrogen and oxygen atoms in total. The molecule has 0 aliphatic carbocycles. The van der Waals surface area contributed by atoms with E-state index in [1.54, 1.807) is 0 Å². The summed E-state index contributed by atoms with van der Waals surface area (Å²) in [7, 11) is 0. The van der Waals surface area contributed by atoms with Gasteiger partial charge in [0.05, 0.1) is 5.56 Å². The smallest absolute Gasteiger partial charge is 0.255 e. The lowest BCUT2D eigenvalue weighted by Gasteiger charge is -2.33. The maximum absolute atomic E-state index is 12.9. The first-order valence-corrected chi connectivity index (χ1v) is 8.59. The number of aryl methyl sites for hydroxylation is 1. The van der Waals surface area contributed by atoms with Crippen LogP contribution in [0.25, 0.3) is 0 Å². The highest BCUT2D eigenvalue weighted by molar-refractivity contribution is 9.10. The van der Waals surface area contributed by atoms with Crippen LogP contribution in [0, 0.1) is 6.92 Å². The summed E-state index contributed by atoms with van der Waals surface area (Å²) in [5, 5.41) is 3.53. The van der Waals surface area contributed by atoms with E-state index in [0.29, 0.717) is 6.04 Å². The second kappa shape index (κ2) is 7.41. The third-order valence-corrected chi connectivity index (χ3v) is 4.72. The number of rotatable bonds is 4. The standard InChI is InChI=1S/C17H25BrN2O/c1-12(2)20(11-14-6-4-5-9-19-14)17(21)15-8-7-13(3)10-16(15)18/h7-8,10,12,14,19H,4-6,9,11H2,1-3H3. The molecule has 21 heavy (non-hydrogen) atoms. The molecule has 1 heterocycles. The van der Waals surface area contributed by atoms with Crippen molar-refractivity contribution < 1.29 is 4.79 Å². The first kappa shape index (κ1) is 16.5. The van der Waals surface area contributed by atoms with Gasteiger partial charge in [-0.05, 0) is 73.8 Å². The molecule has 1 saturated heterocycles. The predicted octanol–water partition coefficient (Wildman–Crippen LogP) is 3.75. The Morgan fingerprint density at radius 1 is 1.43 bits per heavy atom. The summed E-state index contributed by atoms with van der Waals surface area (Å²) in [5.74, 6) is 0.115. The minimum atomic E-state index is 0.115. The van der Waals surface area contributed by atoms with E-state index in [9.17, 15) is 4.79 Å². The van der Waals surface area contributed by atoms with E-state index in [1.807, 2.05) is 30.0 Å². The maximum atomic E-state index is 12.9. The molecule has 1 amide bonds. The molecule has 1 atom stereocenters. The van der Waals surface area contributed by atoms with Gasteiger partial charge in [-0.25, -0.2) is 0 Å². The summed E-state index contributed by atoms with van der Waals surface area (Å²) >= 11 is 3.53. The van der Waals surface area contributed by atoms with Gasteiger partial charge in [-0.15, -0.1) is 0 Å². The van der Waals surface area contributed by atoms with Crippen LogP contribution in [-0.4, -0.2) is 36.0 Å². The van der Waals surface area contributed by atoms with Crippen molar-refractivity contribution in [2.24, 2.45) is 0 Å². The molecular formula is C17H25BrN2O. The Balaban J connectivity index is 2.14. The van der Waals surface area contributed by atoms with Crippen molar-refractivity contribution in [2.45, 2.75) is 52.1 Å². The largest absolute Gasteiger partial charge is 0.335 e. The zero-order valence-electron chi connectivity index (χ0n) is 13.2. The van der Waals surface area contributed by atoms with Crippen LogP contribution in [0.4, 0.5) is 0 Å². The monoisotopic (exact) mass is 352 g/mol. The Labute approximate surface area is 136 Å². The Hall–Kier alpha value is -0.870. The summed E-state index contributed by atoms with van der Waals surface area (Å²) < 4.78 is 0.884. The highest BCUT2D eigenvalue weighted by atomic mass is 79.9. The number of benzene rings is 1. The van der Waals surface area contributed by atoms with Gasteiger partial charge in [0.15, 0.2) is 0 Å². The lowest BCUT2D eigenvalue weighted by molar-refractivity contribution is 0.0676. The summed E-state index contributed by atoms with van der Waals surface area (Å²) in [6, 6.07) is 6.55. The lowest BCUT2D eigenvalue weighted by Crippen LogP contribution is -2.48.